The maximum Gasteiger partial charge on any atom is 0.0681 e. The highest BCUT2D eigenvalue weighted by molar-refractivity contribution is 5.45. The van der Waals surface area contributed by atoms with Crippen molar-refractivity contribution >= 4 is 5.69 Å². The van der Waals surface area contributed by atoms with E-state index < -0.39 is 0 Å². The lowest BCUT2D eigenvalue weighted by Gasteiger charge is -2.14. The molecule has 0 radical (unpaired) electrons. The first kappa shape index (κ1) is 12.1. The first-order valence-electron chi connectivity index (χ1n) is 5.72. The Labute approximate surface area is 92.3 Å². The minimum absolute atomic E-state index is 0.117. The third-order valence-electron chi connectivity index (χ3n) is 2.54. The minimum Gasteiger partial charge on any atom is -0.392 e. The molecule has 0 saturated heterocycles. The van der Waals surface area contributed by atoms with Crippen LogP contribution in [0.3, 0.4) is 0 Å². The normalized spacial score (nSPS) is 12.5. The predicted molar refractivity (Wildman–Crippen MR) is 65.0 cm³/mol. The number of hydrogen-bond acceptors (Lipinski definition) is 2. The van der Waals surface area contributed by atoms with Gasteiger partial charge in [-0.3, -0.25) is 0 Å². The van der Waals surface area contributed by atoms with Crippen molar-refractivity contribution in [2.45, 2.75) is 45.8 Å². The maximum absolute atomic E-state index is 8.91. The third-order valence-corrected chi connectivity index (χ3v) is 2.54. The Bertz CT molecular complexity index is 268. The van der Waals surface area contributed by atoms with Crippen molar-refractivity contribution in [3.63, 3.8) is 0 Å². The second-order valence-corrected chi connectivity index (χ2v) is 4.04. The average molecular weight is 207 g/mol. The lowest BCUT2D eigenvalue weighted by atomic mass is 10.1. The summed E-state index contributed by atoms with van der Waals surface area (Å²) in [4.78, 5) is 0. The molecule has 0 fully saturated rings. The smallest absolute Gasteiger partial charge is 0.0681 e. The first-order valence-corrected chi connectivity index (χ1v) is 5.72. The van der Waals surface area contributed by atoms with Gasteiger partial charge < -0.3 is 10.4 Å². The Morgan fingerprint density at radius 2 is 1.93 bits per heavy atom. The Kier molecular flexibility index (Phi) is 5.19. The van der Waals surface area contributed by atoms with Gasteiger partial charge in [-0.15, -0.1) is 0 Å². The average Bonchev–Trinajstić information content (AvgIpc) is 2.27. The van der Waals surface area contributed by atoms with E-state index in [2.05, 4.69) is 19.2 Å². The van der Waals surface area contributed by atoms with Crippen molar-refractivity contribution in [3.05, 3.63) is 29.8 Å². The predicted octanol–water partition coefficient (Wildman–Crippen LogP) is 3.17. The van der Waals surface area contributed by atoms with Gasteiger partial charge >= 0.3 is 0 Å². The fourth-order valence-electron chi connectivity index (χ4n) is 1.57. The summed E-state index contributed by atoms with van der Waals surface area (Å²) < 4.78 is 0. The van der Waals surface area contributed by atoms with Gasteiger partial charge in [0.15, 0.2) is 0 Å². The molecular formula is C13H21NO. The Balaban J connectivity index is 2.42. The van der Waals surface area contributed by atoms with E-state index in [0.717, 1.165) is 11.3 Å². The number of benzene rings is 1. The molecule has 0 aliphatic heterocycles. The van der Waals surface area contributed by atoms with Crippen LogP contribution in [0.1, 0.15) is 38.7 Å². The molecule has 0 spiro atoms. The summed E-state index contributed by atoms with van der Waals surface area (Å²) in [5.41, 5.74) is 2.09. The van der Waals surface area contributed by atoms with Gasteiger partial charge in [-0.25, -0.2) is 0 Å². The molecule has 1 aromatic carbocycles. The lowest BCUT2D eigenvalue weighted by molar-refractivity contribution is 0.282. The summed E-state index contributed by atoms with van der Waals surface area (Å²) in [5, 5.41) is 12.4. The van der Waals surface area contributed by atoms with Crippen molar-refractivity contribution in [1.29, 1.82) is 0 Å². The number of hydrogen-bond donors (Lipinski definition) is 2. The molecule has 1 aromatic rings. The molecule has 15 heavy (non-hydrogen) atoms. The monoisotopic (exact) mass is 207 g/mol. The summed E-state index contributed by atoms with van der Waals surface area (Å²) in [7, 11) is 0. The summed E-state index contributed by atoms with van der Waals surface area (Å²) in [6, 6.07) is 8.47. The maximum atomic E-state index is 8.91. The molecule has 0 bridgehead atoms. The highest BCUT2D eigenvalue weighted by atomic mass is 16.3. The largest absolute Gasteiger partial charge is 0.392 e. The number of nitrogens with one attached hydrogen (secondary N) is 1. The number of aliphatic hydroxyl groups is 1. The molecule has 2 nitrogen and oxygen atoms in total. The highest BCUT2D eigenvalue weighted by Crippen LogP contribution is 2.12. The van der Waals surface area contributed by atoms with Crippen LogP contribution in [-0.2, 0) is 6.61 Å². The van der Waals surface area contributed by atoms with Gasteiger partial charge in [0.05, 0.1) is 6.61 Å². The number of rotatable bonds is 6. The van der Waals surface area contributed by atoms with Gasteiger partial charge in [0.25, 0.3) is 0 Å². The van der Waals surface area contributed by atoms with Crippen LogP contribution in [0, 0.1) is 0 Å². The van der Waals surface area contributed by atoms with E-state index in [4.69, 9.17) is 5.11 Å². The topological polar surface area (TPSA) is 32.3 Å². The number of anilines is 1. The molecule has 84 valence electrons. The molecule has 0 aliphatic carbocycles. The molecule has 1 unspecified atom stereocenters. The number of aliphatic hydroxyl groups excluding tert-OH is 1. The molecule has 1 atom stereocenters. The van der Waals surface area contributed by atoms with Crippen LogP contribution in [-0.4, -0.2) is 11.1 Å². The Morgan fingerprint density at radius 1 is 1.27 bits per heavy atom. The van der Waals surface area contributed by atoms with Gasteiger partial charge in [-0.2, -0.15) is 0 Å². The van der Waals surface area contributed by atoms with Crippen LogP contribution in [0.2, 0.25) is 0 Å². The van der Waals surface area contributed by atoms with Gasteiger partial charge in [0.2, 0.25) is 0 Å². The quantitative estimate of drug-likeness (QED) is 0.751. The van der Waals surface area contributed by atoms with Gasteiger partial charge in [0.1, 0.15) is 0 Å². The Morgan fingerprint density at radius 3 is 2.47 bits per heavy atom. The molecule has 1 rings (SSSR count). The van der Waals surface area contributed by atoms with E-state index in [1.165, 1.54) is 19.3 Å². The van der Waals surface area contributed by atoms with E-state index in [1.807, 2.05) is 24.3 Å². The van der Waals surface area contributed by atoms with Crippen molar-refractivity contribution in [1.82, 2.24) is 0 Å². The Hall–Kier alpha value is -1.02. The summed E-state index contributed by atoms with van der Waals surface area (Å²) in [6.07, 6.45) is 3.72. The molecule has 0 saturated carbocycles. The van der Waals surface area contributed by atoms with Crippen molar-refractivity contribution in [3.8, 4) is 0 Å². The zero-order valence-electron chi connectivity index (χ0n) is 9.66. The molecule has 0 aliphatic rings. The minimum atomic E-state index is 0.117. The molecular weight excluding hydrogens is 186 g/mol. The van der Waals surface area contributed by atoms with E-state index in [0.29, 0.717) is 6.04 Å². The van der Waals surface area contributed by atoms with E-state index >= 15 is 0 Å². The van der Waals surface area contributed by atoms with Crippen LogP contribution in [0.25, 0.3) is 0 Å². The number of unbranched alkanes of at least 4 members (excludes halogenated alkanes) is 1. The van der Waals surface area contributed by atoms with Gasteiger partial charge in [-0.05, 0) is 31.0 Å². The zero-order chi connectivity index (χ0) is 11.1. The van der Waals surface area contributed by atoms with Gasteiger partial charge in [-0.1, -0.05) is 31.9 Å². The van der Waals surface area contributed by atoms with Crippen molar-refractivity contribution < 1.29 is 5.11 Å². The highest BCUT2D eigenvalue weighted by Gasteiger charge is 2.00. The van der Waals surface area contributed by atoms with Gasteiger partial charge in [0, 0.05) is 11.7 Å². The molecule has 2 N–H and O–H groups in total. The van der Waals surface area contributed by atoms with E-state index in [1.54, 1.807) is 0 Å². The van der Waals surface area contributed by atoms with Crippen LogP contribution in [0.15, 0.2) is 24.3 Å². The molecule has 0 aromatic heterocycles. The van der Waals surface area contributed by atoms with E-state index in [-0.39, 0.29) is 6.61 Å². The zero-order valence-corrected chi connectivity index (χ0v) is 9.66. The van der Waals surface area contributed by atoms with Crippen LogP contribution in [0.5, 0.6) is 0 Å². The van der Waals surface area contributed by atoms with Crippen LogP contribution in [0.4, 0.5) is 5.69 Å². The summed E-state index contributed by atoms with van der Waals surface area (Å²) in [6.45, 7) is 4.53. The second-order valence-electron chi connectivity index (χ2n) is 4.04. The summed E-state index contributed by atoms with van der Waals surface area (Å²) >= 11 is 0. The third kappa shape index (κ3) is 4.34. The fraction of sp³-hybridized carbons (Fsp3) is 0.538. The van der Waals surface area contributed by atoms with Crippen LogP contribution < -0.4 is 5.32 Å². The SMILES string of the molecule is CCCCC(C)Nc1ccc(CO)cc1. The second kappa shape index (κ2) is 6.46. The lowest BCUT2D eigenvalue weighted by Crippen LogP contribution is -2.14. The summed E-state index contributed by atoms with van der Waals surface area (Å²) in [5.74, 6) is 0. The van der Waals surface area contributed by atoms with Crippen LogP contribution >= 0.6 is 0 Å². The van der Waals surface area contributed by atoms with Crippen molar-refractivity contribution in [2.24, 2.45) is 0 Å². The molecule has 0 amide bonds. The standard InChI is InChI=1S/C13H21NO/c1-3-4-5-11(2)14-13-8-6-12(10-15)7-9-13/h6-9,11,14-15H,3-5,10H2,1-2H3. The molecule has 0 heterocycles. The first-order chi connectivity index (χ1) is 7.26. The molecule has 2 heteroatoms. The van der Waals surface area contributed by atoms with Crippen molar-refractivity contribution in [2.75, 3.05) is 5.32 Å². The fourth-order valence-corrected chi connectivity index (χ4v) is 1.57. The van der Waals surface area contributed by atoms with E-state index in [9.17, 15) is 0 Å².